The normalized spacial score (nSPS) is 11.8. The van der Waals surface area contributed by atoms with Gasteiger partial charge in [-0.25, -0.2) is 17.6 Å². The molecule has 0 saturated carbocycles. The van der Waals surface area contributed by atoms with Crippen molar-refractivity contribution in [2.75, 3.05) is 25.6 Å². The fourth-order valence-electron chi connectivity index (χ4n) is 1.59. The maximum atomic E-state index is 13.1. The summed E-state index contributed by atoms with van der Waals surface area (Å²) in [5.74, 6) is -1.68. The Morgan fingerprint density at radius 1 is 1.42 bits per heavy atom. The number of rotatable bonds is 6. The van der Waals surface area contributed by atoms with Crippen molar-refractivity contribution >= 4 is 15.8 Å². The van der Waals surface area contributed by atoms with Crippen molar-refractivity contribution in [3.63, 3.8) is 0 Å². The molecule has 0 spiro atoms. The van der Waals surface area contributed by atoms with E-state index in [2.05, 4.69) is 0 Å². The van der Waals surface area contributed by atoms with Crippen molar-refractivity contribution < 1.29 is 22.7 Å². The van der Waals surface area contributed by atoms with Crippen LogP contribution in [0.4, 0.5) is 4.39 Å². The van der Waals surface area contributed by atoms with Gasteiger partial charge in [0.25, 0.3) is 0 Å². The first-order chi connectivity index (χ1) is 8.69. The summed E-state index contributed by atoms with van der Waals surface area (Å²) >= 11 is 0. The lowest BCUT2D eigenvalue weighted by Crippen LogP contribution is -2.25. The second-order valence-corrected chi connectivity index (χ2v) is 6.73. The molecule has 1 rings (SSSR count). The molecule has 0 aliphatic carbocycles. The Kier molecular flexibility index (Phi) is 5.02. The first kappa shape index (κ1) is 15.6. The maximum absolute atomic E-state index is 13.1. The van der Waals surface area contributed by atoms with Crippen LogP contribution in [0.25, 0.3) is 0 Å². The Labute approximate surface area is 111 Å². The number of sulfone groups is 1. The van der Waals surface area contributed by atoms with Gasteiger partial charge in [0.1, 0.15) is 15.7 Å². The highest BCUT2D eigenvalue weighted by molar-refractivity contribution is 7.90. The van der Waals surface area contributed by atoms with Crippen LogP contribution < -0.4 is 0 Å². The van der Waals surface area contributed by atoms with Crippen LogP contribution in [0.3, 0.4) is 0 Å². The molecule has 0 aromatic heterocycles. The van der Waals surface area contributed by atoms with Crippen LogP contribution in [0.2, 0.25) is 0 Å². The monoisotopic (exact) mass is 289 g/mol. The van der Waals surface area contributed by atoms with Crippen molar-refractivity contribution in [2.24, 2.45) is 0 Å². The van der Waals surface area contributed by atoms with Gasteiger partial charge in [0.05, 0.1) is 11.3 Å². The van der Waals surface area contributed by atoms with E-state index in [0.29, 0.717) is 5.56 Å². The van der Waals surface area contributed by atoms with E-state index in [-0.39, 0.29) is 24.4 Å². The zero-order chi connectivity index (χ0) is 14.6. The van der Waals surface area contributed by atoms with Gasteiger partial charge in [0.15, 0.2) is 0 Å². The third kappa shape index (κ3) is 5.35. The van der Waals surface area contributed by atoms with E-state index < -0.39 is 21.6 Å². The van der Waals surface area contributed by atoms with Gasteiger partial charge in [0.2, 0.25) is 0 Å². The molecule has 0 saturated heterocycles. The lowest BCUT2D eigenvalue weighted by molar-refractivity contribution is 0.0694. The van der Waals surface area contributed by atoms with Gasteiger partial charge in [-0.05, 0) is 30.8 Å². The summed E-state index contributed by atoms with van der Waals surface area (Å²) in [6.07, 6.45) is 1.13. The van der Waals surface area contributed by atoms with Gasteiger partial charge in [-0.2, -0.15) is 0 Å². The number of nitrogens with zero attached hydrogens (tertiary/aromatic N) is 1. The summed E-state index contributed by atoms with van der Waals surface area (Å²) in [5.41, 5.74) is 0.344. The van der Waals surface area contributed by atoms with Crippen LogP contribution in [0.1, 0.15) is 15.9 Å². The molecule has 0 aliphatic rings. The average Bonchev–Trinajstić information content (AvgIpc) is 2.25. The molecule has 0 bridgehead atoms. The molecule has 0 amide bonds. The molecule has 5 nitrogen and oxygen atoms in total. The fourth-order valence-corrected chi connectivity index (χ4v) is 2.24. The number of hydrogen-bond donors (Lipinski definition) is 1. The van der Waals surface area contributed by atoms with E-state index in [1.807, 2.05) is 0 Å². The quantitative estimate of drug-likeness (QED) is 0.845. The molecule has 19 heavy (non-hydrogen) atoms. The minimum absolute atomic E-state index is 0.0209. The molecular weight excluding hydrogens is 273 g/mol. The summed E-state index contributed by atoms with van der Waals surface area (Å²) in [5, 5.41) is 8.99. The van der Waals surface area contributed by atoms with E-state index in [1.165, 1.54) is 6.07 Å². The topological polar surface area (TPSA) is 74.7 Å². The summed E-state index contributed by atoms with van der Waals surface area (Å²) in [4.78, 5) is 12.6. The zero-order valence-corrected chi connectivity index (χ0v) is 11.6. The summed E-state index contributed by atoms with van der Waals surface area (Å²) in [6.45, 7) is 0.434. The number of carboxylic acid groups (broad SMARTS) is 1. The van der Waals surface area contributed by atoms with Gasteiger partial charge in [-0.15, -0.1) is 0 Å². The number of benzene rings is 1. The minimum Gasteiger partial charge on any atom is -0.478 e. The molecule has 0 aliphatic heterocycles. The van der Waals surface area contributed by atoms with Crippen LogP contribution in [-0.2, 0) is 16.4 Å². The fraction of sp³-hybridized carbons (Fsp3) is 0.417. The van der Waals surface area contributed by atoms with E-state index >= 15 is 0 Å². The Bertz CT molecular complexity index is 571. The molecule has 0 atom stereocenters. The van der Waals surface area contributed by atoms with Crippen LogP contribution in [0, 0.1) is 5.82 Å². The highest BCUT2D eigenvalue weighted by Crippen LogP contribution is 2.13. The Morgan fingerprint density at radius 3 is 2.58 bits per heavy atom. The third-order valence-corrected chi connectivity index (χ3v) is 3.51. The first-order valence-electron chi connectivity index (χ1n) is 5.57. The average molecular weight is 289 g/mol. The van der Waals surface area contributed by atoms with Crippen molar-refractivity contribution in [3.05, 3.63) is 35.1 Å². The molecule has 0 unspecified atom stereocenters. The molecule has 106 valence electrons. The van der Waals surface area contributed by atoms with Crippen molar-refractivity contribution in [1.29, 1.82) is 0 Å². The second kappa shape index (κ2) is 6.12. The highest BCUT2D eigenvalue weighted by atomic mass is 32.2. The standard InChI is InChI=1S/C12H16FNO4S/c1-14(5-6-19(2,17)18)8-9-7-10(13)3-4-11(9)12(15)16/h3-4,7H,5-6,8H2,1-2H3,(H,15,16). The largest absolute Gasteiger partial charge is 0.478 e. The number of halogens is 1. The molecule has 1 N–H and O–H groups in total. The molecule has 1 aromatic rings. The third-order valence-electron chi connectivity index (χ3n) is 2.58. The zero-order valence-electron chi connectivity index (χ0n) is 10.8. The lowest BCUT2D eigenvalue weighted by Gasteiger charge is -2.17. The van der Waals surface area contributed by atoms with Gasteiger partial charge < -0.3 is 10.0 Å². The molecule has 0 radical (unpaired) electrons. The maximum Gasteiger partial charge on any atom is 0.336 e. The second-order valence-electron chi connectivity index (χ2n) is 4.47. The van der Waals surface area contributed by atoms with Crippen LogP contribution in [-0.4, -0.2) is 50.0 Å². The highest BCUT2D eigenvalue weighted by Gasteiger charge is 2.13. The SMILES string of the molecule is CN(CCS(C)(=O)=O)Cc1cc(F)ccc1C(=O)O. The van der Waals surface area contributed by atoms with Gasteiger partial charge in [-0.1, -0.05) is 0 Å². The van der Waals surface area contributed by atoms with Crippen molar-refractivity contribution in [3.8, 4) is 0 Å². The molecule has 0 heterocycles. The molecule has 0 fully saturated rings. The summed E-state index contributed by atoms with van der Waals surface area (Å²) in [7, 11) is -1.42. The van der Waals surface area contributed by atoms with E-state index in [4.69, 9.17) is 5.11 Å². The lowest BCUT2D eigenvalue weighted by atomic mass is 10.1. The van der Waals surface area contributed by atoms with Crippen LogP contribution >= 0.6 is 0 Å². The first-order valence-corrected chi connectivity index (χ1v) is 7.63. The van der Waals surface area contributed by atoms with E-state index in [1.54, 1.807) is 11.9 Å². The molecular formula is C12H16FNO4S. The van der Waals surface area contributed by atoms with Gasteiger partial charge >= 0.3 is 5.97 Å². The Balaban J connectivity index is 2.81. The Morgan fingerprint density at radius 2 is 2.05 bits per heavy atom. The predicted molar refractivity (Wildman–Crippen MR) is 69.4 cm³/mol. The summed E-state index contributed by atoms with van der Waals surface area (Å²) < 4.78 is 35.2. The van der Waals surface area contributed by atoms with Crippen molar-refractivity contribution in [2.45, 2.75) is 6.54 Å². The predicted octanol–water partition coefficient (Wildman–Crippen LogP) is 1.00. The van der Waals surface area contributed by atoms with Crippen LogP contribution in [0.5, 0.6) is 0 Å². The summed E-state index contributed by atoms with van der Waals surface area (Å²) in [6, 6.07) is 3.45. The number of aromatic carboxylic acids is 1. The van der Waals surface area contributed by atoms with Crippen molar-refractivity contribution in [1.82, 2.24) is 4.90 Å². The molecule has 7 heteroatoms. The van der Waals surface area contributed by atoms with E-state index in [0.717, 1.165) is 18.4 Å². The minimum atomic E-state index is -3.08. The molecule has 1 aromatic carbocycles. The number of carbonyl (C=O) groups is 1. The smallest absolute Gasteiger partial charge is 0.336 e. The van der Waals surface area contributed by atoms with Gasteiger partial charge in [-0.3, -0.25) is 0 Å². The van der Waals surface area contributed by atoms with E-state index in [9.17, 15) is 17.6 Å². The Hall–Kier alpha value is -1.47. The number of carboxylic acids is 1. The van der Waals surface area contributed by atoms with Crippen LogP contribution in [0.15, 0.2) is 18.2 Å². The number of hydrogen-bond acceptors (Lipinski definition) is 4. The van der Waals surface area contributed by atoms with Gasteiger partial charge in [0, 0.05) is 19.3 Å².